The van der Waals surface area contributed by atoms with Crippen LogP contribution in [0.5, 0.6) is 0 Å². The van der Waals surface area contributed by atoms with E-state index in [9.17, 15) is 18.7 Å². The summed E-state index contributed by atoms with van der Waals surface area (Å²) in [6.45, 7) is 0. The molecule has 3 nitrogen and oxygen atoms in total. The minimum absolute atomic E-state index is 0.0474. The van der Waals surface area contributed by atoms with E-state index < -0.39 is 23.6 Å². The lowest BCUT2D eigenvalue weighted by Gasteiger charge is -2.38. The van der Waals surface area contributed by atoms with Crippen molar-refractivity contribution in [3.63, 3.8) is 0 Å². The van der Waals surface area contributed by atoms with E-state index in [1.807, 2.05) is 30.3 Å². The van der Waals surface area contributed by atoms with Gasteiger partial charge in [-0.05, 0) is 48.4 Å². The van der Waals surface area contributed by atoms with Gasteiger partial charge in [0.1, 0.15) is 17.7 Å². The molecule has 5 heteroatoms. The zero-order valence-electron chi connectivity index (χ0n) is 13.1. The number of rotatable bonds is 6. The van der Waals surface area contributed by atoms with E-state index in [0.29, 0.717) is 24.8 Å². The van der Waals surface area contributed by atoms with Gasteiger partial charge in [0.25, 0.3) is 0 Å². The molecule has 2 aromatic carbocycles. The van der Waals surface area contributed by atoms with Crippen molar-refractivity contribution in [2.45, 2.75) is 37.3 Å². The Hall–Kier alpha value is -2.27. The Morgan fingerprint density at radius 2 is 1.75 bits per heavy atom. The van der Waals surface area contributed by atoms with E-state index in [0.717, 1.165) is 11.6 Å². The standard InChI is InChI=1S/C19H19F2NO2/c20-15-7-13(8-16(21)11-15)14-9-17(10-14)22-18(19(23)24)6-12-4-2-1-3-5-12/h1-5,7-8,11,14,17-18,22H,6,9-10H2,(H,23,24)/t14?,17?,18-/m0/s1. The number of carbonyl (C=O) groups is 1. The first-order valence-corrected chi connectivity index (χ1v) is 8.00. The number of hydrogen-bond donors (Lipinski definition) is 2. The van der Waals surface area contributed by atoms with Crippen LogP contribution in [0.3, 0.4) is 0 Å². The molecule has 0 aliphatic heterocycles. The molecular weight excluding hydrogens is 312 g/mol. The summed E-state index contributed by atoms with van der Waals surface area (Å²) >= 11 is 0. The number of benzene rings is 2. The summed E-state index contributed by atoms with van der Waals surface area (Å²) in [6, 6.07) is 12.4. The quantitative estimate of drug-likeness (QED) is 0.852. The molecule has 24 heavy (non-hydrogen) atoms. The Morgan fingerprint density at radius 3 is 2.33 bits per heavy atom. The molecule has 1 atom stereocenters. The van der Waals surface area contributed by atoms with Crippen molar-refractivity contribution in [3.8, 4) is 0 Å². The maximum Gasteiger partial charge on any atom is 0.321 e. The average molecular weight is 331 g/mol. The van der Waals surface area contributed by atoms with Crippen molar-refractivity contribution in [2.75, 3.05) is 0 Å². The third-order valence-electron chi connectivity index (χ3n) is 4.51. The van der Waals surface area contributed by atoms with Gasteiger partial charge < -0.3 is 10.4 Å². The van der Waals surface area contributed by atoms with Crippen LogP contribution in [0.1, 0.15) is 29.9 Å². The van der Waals surface area contributed by atoms with Crippen LogP contribution in [0, 0.1) is 11.6 Å². The predicted molar refractivity (Wildman–Crippen MR) is 86.8 cm³/mol. The Kier molecular flexibility index (Phi) is 4.90. The SMILES string of the molecule is O=C(O)[C@H](Cc1ccccc1)NC1CC(c2cc(F)cc(F)c2)C1. The van der Waals surface area contributed by atoms with E-state index in [1.165, 1.54) is 12.1 Å². The molecule has 2 N–H and O–H groups in total. The summed E-state index contributed by atoms with van der Waals surface area (Å²) in [5.74, 6) is -1.97. The molecule has 0 unspecified atom stereocenters. The number of nitrogens with one attached hydrogen (secondary N) is 1. The maximum absolute atomic E-state index is 13.3. The molecule has 0 bridgehead atoms. The highest BCUT2D eigenvalue weighted by Gasteiger charge is 2.33. The van der Waals surface area contributed by atoms with Gasteiger partial charge in [0, 0.05) is 12.1 Å². The second-order valence-electron chi connectivity index (χ2n) is 6.32. The Morgan fingerprint density at radius 1 is 1.12 bits per heavy atom. The maximum atomic E-state index is 13.3. The van der Waals surface area contributed by atoms with E-state index in [2.05, 4.69) is 5.32 Å². The molecule has 0 spiro atoms. The molecule has 0 saturated heterocycles. The van der Waals surface area contributed by atoms with Crippen molar-refractivity contribution in [1.29, 1.82) is 0 Å². The number of halogens is 2. The lowest BCUT2D eigenvalue weighted by atomic mass is 9.75. The summed E-state index contributed by atoms with van der Waals surface area (Å²) in [6.07, 6.45) is 1.77. The minimum Gasteiger partial charge on any atom is -0.480 e. The molecule has 126 valence electrons. The first-order valence-electron chi connectivity index (χ1n) is 8.00. The van der Waals surface area contributed by atoms with Gasteiger partial charge in [-0.1, -0.05) is 30.3 Å². The van der Waals surface area contributed by atoms with Crippen molar-refractivity contribution in [1.82, 2.24) is 5.32 Å². The minimum atomic E-state index is -0.890. The first kappa shape index (κ1) is 16.6. The summed E-state index contributed by atoms with van der Waals surface area (Å²) in [4.78, 5) is 11.5. The van der Waals surface area contributed by atoms with E-state index >= 15 is 0 Å². The second kappa shape index (κ2) is 7.09. The lowest BCUT2D eigenvalue weighted by molar-refractivity contribution is -0.139. The van der Waals surface area contributed by atoms with Crippen LogP contribution in [-0.2, 0) is 11.2 Å². The highest BCUT2D eigenvalue weighted by molar-refractivity contribution is 5.74. The molecule has 0 amide bonds. The fourth-order valence-corrected chi connectivity index (χ4v) is 3.19. The van der Waals surface area contributed by atoms with E-state index in [1.54, 1.807) is 0 Å². The molecular formula is C19H19F2NO2. The number of carboxylic acid groups (broad SMARTS) is 1. The van der Waals surface area contributed by atoms with Gasteiger partial charge in [-0.15, -0.1) is 0 Å². The lowest BCUT2D eigenvalue weighted by Crippen LogP contribution is -2.49. The molecule has 0 aromatic heterocycles. The van der Waals surface area contributed by atoms with E-state index in [-0.39, 0.29) is 12.0 Å². The van der Waals surface area contributed by atoms with Crippen LogP contribution in [0.15, 0.2) is 48.5 Å². The first-order chi connectivity index (χ1) is 11.5. The Balaban J connectivity index is 1.57. The van der Waals surface area contributed by atoms with Gasteiger partial charge >= 0.3 is 5.97 Å². The van der Waals surface area contributed by atoms with Gasteiger partial charge in [0.05, 0.1) is 0 Å². The largest absolute Gasteiger partial charge is 0.480 e. The Labute approximate surface area is 139 Å². The molecule has 1 fully saturated rings. The van der Waals surface area contributed by atoms with Crippen LogP contribution in [0.25, 0.3) is 0 Å². The van der Waals surface area contributed by atoms with Crippen LogP contribution < -0.4 is 5.32 Å². The summed E-state index contributed by atoms with van der Waals surface area (Å²) in [5.41, 5.74) is 1.60. The highest BCUT2D eigenvalue weighted by Crippen LogP contribution is 2.37. The third-order valence-corrected chi connectivity index (χ3v) is 4.51. The number of aliphatic carboxylic acids is 1. The summed E-state index contributed by atoms with van der Waals surface area (Å²) < 4.78 is 26.5. The Bertz CT molecular complexity index is 694. The van der Waals surface area contributed by atoms with Crippen molar-refractivity contribution >= 4 is 5.97 Å². The highest BCUT2D eigenvalue weighted by atomic mass is 19.1. The molecule has 0 radical (unpaired) electrons. The van der Waals surface area contributed by atoms with Gasteiger partial charge in [-0.3, -0.25) is 4.79 Å². The molecule has 2 aromatic rings. The monoisotopic (exact) mass is 331 g/mol. The van der Waals surface area contributed by atoms with Gasteiger partial charge in [-0.25, -0.2) is 8.78 Å². The number of carboxylic acids is 1. The van der Waals surface area contributed by atoms with Crippen LogP contribution in [-0.4, -0.2) is 23.2 Å². The summed E-state index contributed by atoms with van der Waals surface area (Å²) in [7, 11) is 0. The number of hydrogen-bond acceptors (Lipinski definition) is 2. The fraction of sp³-hybridized carbons (Fsp3) is 0.316. The topological polar surface area (TPSA) is 49.3 Å². The molecule has 0 heterocycles. The average Bonchev–Trinajstić information content (AvgIpc) is 2.49. The van der Waals surface area contributed by atoms with Crippen LogP contribution in [0.2, 0.25) is 0 Å². The van der Waals surface area contributed by atoms with Crippen molar-refractivity contribution in [3.05, 3.63) is 71.3 Å². The zero-order chi connectivity index (χ0) is 17.1. The molecule has 3 rings (SSSR count). The molecule has 1 aliphatic rings. The smallest absolute Gasteiger partial charge is 0.321 e. The second-order valence-corrected chi connectivity index (χ2v) is 6.32. The van der Waals surface area contributed by atoms with Gasteiger partial charge in [0.2, 0.25) is 0 Å². The third kappa shape index (κ3) is 3.97. The van der Waals surface area contributed by atoms with Gasteiger partial charge in [0.15, 0.2) is 0 Å². The predicted octanol–water partition coefficient (Wildman–Crippen LogP) is 3.50. The zero-order valence-corrected chi connectivity index (χ0v) is 13.1. The van der Waals surface area contributed by atoms with Crippen molar-refractivity contribution < 1.29 is 18.7 Å². The normalized spacial score (nSPS) is 21.1. The van der Waals surface area contributed by atoms with Crippen LogP contribution >= 0.6 is 0 Å². The molecule has 1 saturated carbocycles. The van der Waals surface area contributed by atoms with Crippen molar-refractivity contribution in [2.24, 2.45) is 0 Å². The molecule has 1 aliphatic carbocycles. The summed E-state index contributed by atoms with van der Waals surface area (Å²) in [5, 5.41) is 12.5. The van der Waals surface area contributed by atoms with Gasteiger partial charge in [-0.2, -0.15) is 0 Å². The van der Waals surface area contributed by atoms with E-state index in [4.69, 9.17) is 0 Å². The van der Waals surface area contributed by atoms with Crippen LogP contribution in [0.4, 0.5) is 8.78 Å². The fourth-order valence-electron chi connectivity index (χ4n) is 3.19.